The van der Waals surface area contributed by atoms with Crippen LogP contribution < -0.4 is 38.1 Å². The fourth-order valence-electron chi connectivity index (χ4n) is 3.15. The molecule has 0 spiro atoms. The summed E-state index contributed by atoms with van der Waals surface area (Å²) in [6.07, 6.45) is 4.10. The molecular weight excluding hydrogens is 426 g/mol. The van der Waals surface area contributed by atoms with Crippen LogP contribution in [-0.2, 0) is 19.2 Å². The predicted octanol–water partition coefficient (Wildman–Crippen LogP) is -1.49. The van der Waals surface area contributed by atoms with Gasteiger partial charge in [0.1, 0.15) is 5.78 Å². The highest BCUT2D eigenvalue weighted by Gasteiger charge is 2.17. The van der Waals surface area contributed by atoms with Crippen molar-refractivity contribution in [2.45, 2.75) is 83.6 Å². The summed E-state index contributed by atoms with van der Waals surface area (Å²) < 4.78 is 0. The van der Waals surface area contributed by atoms with Crippen molar-refractivity contribution < 1.29 is 19.2 Å². The average molecular weight is 472 g/mol. The van der Waals surface area contributed by atoms with Gasteiger partial charge in [-0.15, -0.1) is 0 Å². The molecule has 0 aromatic heterocycles. The molecular formula is C22H45N7O4. The number of hydrogen-bond acceptors (Lipinski definition) is 9. The fraction of sp³-hybridized carbons (Fsp3) is 0.818. The third kappa shape index (κ3) is 16.4. The Labute approximate surface area is 197 Å². The standard InChI is InChI=1S/C22H45N7O4/c1-15(30)13-29-18(21(24)32)9-5-8-12-27-22(33)19(25-4)10-6-7-11-26-16(2)20(31)14-28-17(3)23/h16-19,25-26,28-29H,5-14,23H2,1-4H3,(H2,24,32)(H,27,33)/t16?,17?,18-,19-/m0/s1. The van der Waals surface area contributed by atoms with E-state index in [4.69, 9.17) is 11.5 Å². The molecule has 0 aromatic rings. The third-order valence-electron chi connectivity index (χ3n) is 5.28. The molecule has 0 aliphatic heterocycles. The van der Waals surface area contributed by atoms with Crippen LogP contribution in [0.4, 0.5) is 0 Å². The summed E-state index contributed by atoms with van der Waals surface area (Å²) in [5.41, 5.74) is 10.9. The molecule has 4 atom stereocenters. The van der Waals surface area contributed by atoms with Crippen LogP contribution in [0.1, 0.15) is 59.3 Å². The largest absolute Gasteiger partial charge is 0.368 e. The van der Waals surface area contributed by atoms with Crippen LogP contribution in [-0.4, -0.2) is 80.9 Å². The van der Waals surface area contributed by atoms with E-state index < -0.39 is 11.9 Å². The highest BCUT2D eigenvalue weighted by Crippen LogP contribution is 2.03. The first-order valence-corrected chi connectivity index (χ1v) is 11.8. The van der Waals surface area contributed by atoms with Gasteiger partial charge >= 0.3 is 0 Å². The van der Waals surface area contributed by atoms with Crippen molar-refractivity contribution in [1.29, 1.82) is 0 Å². The second kappa shape index (κ2) is 18.5. The van der Waals surface area contributed by atoms with Crippen LogP contribution in [0.15, 0.2) is 0 Å². The molecule has 11 heteroatoms. The van der Waals surface area contributed by atoms with E-state index in [-0.39, 0.29) is 48.8 Å². The minimum atomic E-state index is -0.540. The summed E-state index contributed by atoms with van der Waals surface area (Å²) in [5, 5.41) is 14.9. The smallest absolute Gasteiger partial charge is 0.237 e. The first kappa shape index (κ1) is 31.1. The van der Waals surface area contributed by atoms with Gasteiger partial charge in [-0.3, -0.25) is 29.8 Å². The Hall–Kier alpha value is -1.92. The van der Waals surface area contributed by atoms with E-state index in [0.29, 0.717) is 38.8 Å². The van der Waals surface area contributed by atoms with Gasteiger partial charge in [-0.05, 0) is 66.5 Å². The SMILES string of the molecule is CN[C@@H](CCCCNC(C)C(=O)CNC(C)N)C(=O)NCCCC[C@H](NCC(C)=O)C(N)=O. The molecule has 0 saturated heterocycles. The molecule has 0 heterocycles. The molecule has 0 aliphatic rings. The number of hydrogen-bond donors (Lipinski definition) is 7. The van der Waals surface area contributed by atoms with Crippen LogP contribution >= 0.6 is 0 Å². The Morgan fingerprint density at radius 2 is 1.42 bits per heavy atom. The Morgan fingerprint density at radius 3 is 1.97 bits per heavy atom. The third-order valence-corrected chi connectivity index (χ3v) is 5.28. The minimum absolute atomic E-state index is 0.0557. The molecule has 11 nitrogen and oxygen atoms in total. The van der Waals surface area contributed by atoms with Gasteiger partial charge in [0.25, 0.3) is 0 Å². The molecule has 0 bridgehead atoms. The van der Waals surface area contributed by atoms with Crippen molar-refractivity contribution in [2.24, 2.45) is 11.5 Å². The second-order valence-corrected chi connectivity index (χ2v) is 8.47. The van der Waals surface area contributed by atoms with Gasteiger partial charge in [0.2, 0.25) is 11.8 Å². The lowest BCUT2D eigenvalue weighted by Crippen LogP contribution is -2.44. The van der Waals surface area contributed by atoms with Crippen LogP contribution in [0.25, 0.3) is 0 Å². The summed E-state index contributed by atoms with van der Waals surface area (Å²) in [6, 6.07) is -1.07. The van der Waals surface area contributed by atoms with E-state index in [1.165, 1.54) is 6.92 Å². The number of nitrogens with one attached hydrogen (secondary N) is 5. The van der Waals surface area contributed by atoms with Crippen molar-refractivity contribution in [1.82, 2.24) is 26.6 Å². The van der Waals surface area contributed by atoms with E-state index in [9.17, 15) is 19.2 Å². The Balaban J connectivity index is 4.01. The molecule has 0 fully saturated rings. The van der Waals surface area contributed by atoms with Crippen LogP contribution in [0.2, 0.25) is 0 Å². The number of ketones is 2. The van der Waals surface area contributed by atoms with Gasteiger partial charge in [0.05, 0.1) is 37.4 Å². The summed E-state index contributed by atoms with van der Waals surface area (Å²) in [4.78, 5) is 46.8. The lowest BCUT2D eigenvalue weighted by molar-refractivity contribution is -0.123. The van der Waals surface area contributed by atoms with Gasteiger partial charge in [0, 0.05) is 6.54 Å². The molecule has 33 heavy (non-hydrogen) atoms. The van der Waals surface area contributed by atoms with Gasteiger partial charge in [-0.25, -0.2) is 0 Å². The zero-order chi connectivity index (χ0) is 25.2. The van der Waals surface area contributed by atoms with Crippen molar-refractivity contribution in [2.75, 3.05) is 33.2 Å². The first-order valence-electron chi connectivity index (χ1n) is 11.8. The number of unbranched alkanes of at least 4 members (excludes halogenated alkanes) is 2. The predicted molar refractivity (Wildman–Crippen MR) is 129 cm³/mol. The molecule has 0 radical (unpaired) electrons. The molecule has 192 valence electrons. The normalized spacial score (nSPS) is 14.8. The number of Topliss-reactive ketones (excluding diaryl/α,β-unsaturated/α-hetero) is 2. The molecule has 2 amide bonds. The van der Waals surface area contributed by atoms with Gasteiger partial charge in [-0.2, -0.15) is 0 Å². The lowest BCUT2D eigenvalue weighted by Gasteiger charge is -2.17. The maximum absolute atomic E-state index is 12.4. The number of carbonyl (C=O) groups is 4. The van der Waals surface area contributed by atoms with E-state index in [0.717, 1.165) is 12.8 Å². The number of carbonyl (C=O) groups excluding carboxylic acids is 4. The Bertz CT molecular complexity index is 601. The molecule has 0 saturated carbocycles. The van der Waals surface area contributed by atoms with Crippen molar-refractivity contribution in [3.63, 3.8) is 0 Å². The van der Waals surface area contributed by atoms with Crippen LogP contribution in [0.3, 0.4) is 0 Å². The molecule has 0 rings (SSSR count). The quantitative estimate of drug-likeness (QED) is 0.0774. The minimum Gasteiger partial charge on any atom is -0.368 e. The summed E-state index contributed by atoms with van der Waals surface area (Å²) in [5.74, 6) is -0.529. The van der Waals surface area contributed by atoms with E-state index in [1.807, 2.05) is 6.92 Å². The van der Waals surface area contributed by atoms with Gasteiger partial charge in [-0.1, -0.05) is 6.42 Å². The van der Waals surface area contributed by atoms with Crippen molar-refractivity contribution >= 4 is 23.4 Å². The number of likely N-dealkylation sites (N-methyl/N-ethyl adjacent to an activating group) is 1. The van der Waals surface area contributed by atoms with E-state index in [1.54, 1.807) is 14.0 Å². The van der Waals surface area contributed by atoms with Gasteiger partial charge < -0.3 is 27.4 Å². The zero-order valence-corrected chi connectivity index (χ0v) is 20.7. The zero-order valence-electron chi connectivity index (χ0n) is 20.7. The summed E-state index contributed by atoms with van der Waals surface area (Å²) in [7, 11) is 1.76. The second-order valence-electron chi connectivity index (χ2n) is 8.47. The van der Waals surface area contributed by atoms with E-state index >= 15 is 0 Å². The Morgan fingerprint density at radius 1 is 0.818 bits per heavy atom. The molecule has 2 unspecified atom stereocenters. The monoisotopic (exact) mass is 471 g/mol. The summed E-state index contributed by atoms with van der Waals surface area (Å²) in [6.45, 7) is 6.62. The fourth-order valence-corrected chi connectivity index (χ4v) is 3.15. The van der Waals surface area contributed by atoms with Crippen LogP contribution in [0.5, 0.6) is 0 Å². The van der Waals surface area contributed by atoms with Crippen LogP contribution in [0, 0.1) is 0 Å². The molecule has 9 N–H and O–H groups in total. The van der Waals surface area contributed by atoms with E-state index in [2.05, 4.69) is 26.6 Å². The highest BCUT2D eigenvalue weighted by atomic mass is 16.2. The maximum atomic E-state index is 12.4. The number of primary amides is 1. The Kier molecular flexibility index (Phi) is 17.4. The number of rotatable bonds is 21. The number of nitrogens with two attached hydrogens (primary N) is 2. The topological polar surface area (TPSA) is 180 Å². The lowest BCUT2D eigenvalue weighted by atomic mass is 10.1. The van der Waals surface area contributed by atoms with Crippen molar-refractivity contribution in [3.05, 3.63) is 0 Å². The maximum Gasteiger partial charge on any atom is 0.237 e. The average Bonchev–Trinajstić information content (AvgIpc) is 2.75. The number of amides is 2. The summed E-state index contributed by atoms with van der Waals surface area (Å²) >= 11 is 0. The van der Waals surface area contributed by atoms with Gasteiger partial charge in [0.15, 0.2) is 5.78 Å². The first-order chi connectivity index (χ1) is 15.6. The van der Waals surface area contributed by atoms with Crippen molar-refractivity contribution in [3.8, 4) is 0 Å². The highest BCUT2D eigenvalue weighted by molar-refractivity contribution is 5.85. The molecule has 0 aliphatic carbocycles. The molecule has 0 aromatic carbocycles.